The van der Waals surface area contributed by atoms with Crippen LogP contribution in [0.3, 0.4) is 0 Å². The number of fused-ring (bicyclic) bond motifs is 1. The van der Waals surface area contributed by atoms with Gasteiger partial charge in [0.05, 0.1) is 6.42 Å². The van der Waals surface area contributed by atoms with E-state index in [-0.39, 0.29) is 31.9 Å². The number of carbonyl (C=O) groups is 4. The van der Waals surface area contributed by atoms with Gasteiger partial charge < -0.3 is 34.0 Å². The number of furan rings is 1. The number of amides is 2. The molecule has 246 valence electrons. The van der Waals surface area contributed by atoms with Crippen molar-refractivity contribution in [2.24, 2.45) is 5.92 Å². The van der Waals surface area contributed by atoms with Gasteiger partial charge in [-0.1, -0.05) is 66.7 Å². The zero-order valence-electron chi connectivity index (χ0n) is 26.1. The van der Waals surface area contributed by atoms with E-state index in [1.165, 1.54) is 4.90 Å². The van der Waals surface area contributed by atoms with Gasteiger partial charge in [0, 0.05) is 30.6 Å². The number of nitrogens with one attached hydrogen (secondary N) is 1. The van der Waals surface area contributed by atoms with Gasteiger partial charge in [0.25, 0.3) is 11.8 Å². The van der Waals surface area contributed by atoms with Gasteiger partial charge in [-0.05, 0) is 54.4 Å². The highest BCUT2D eigenvalue weighted by molar-refractivity contribution is 6.02. The molecule has 3 aromatic carbocycles. The standard InChI is InChI=1S/C37H34N2O9/c1-23(39(18-8-11-24-9-4-2-5-10-24)36(42)34-29(37(43)44)21-33(40)48-34)28(25-14-16-30-32(19-25)46-22-45-30)20-27-15-17-31(47-27)35(41)38-26-12-6-3-7-13-26/h2-17,19,23,28-29,34H,18,20-22H2,1H3,(H,38,41)(H,43,44)/b11-8+/t23-,28+,29?,34?/m1/s1. The van der Waals surface area contributed by atoms with Crippen molar-refractivity contribution >= 4 is 35.5 Å². The van der Waals surface area contributed by atoms with E-state index >= 15 is 0 Å². The first-order valence-corrected chi connectivity index (χ1v) is 15.6. The topological polar surface area (TPSA) is 145 Å². The second-order valence-electron chi connectivity index (χ2n) is 11.6. The Morgan fingerprint density at radius 3 is 2.44 bits per heavy atom. The first kappa shape index (κ1) is 32.1. The van der Waals surface area contributed by atoms with Crippen molar-refractivity contribution in [3.05, 3.63) is 120 Å². The summed E-state index contributed by atoms with van der Waals surface area (Å²) in [5.41, 5.74) is 2.33. The van der Waals surface area contributed by atoms with Crippen molar-refractivity contribution in [2.45, 2.75) is 37.8 Å². The number of nitrogens with zero attached hydrogens (tertiary/aromatic N) is 1. The van der Waals surface area contributed by atoms with Crippen LogP contribution >= 0.6 is 0 Å². The van der Waals surface area contributed by atoms with Crippen LogP contribution in [-0.4, -0.2) is 59.2 Å². The number of para-hydroxylation sites is 1. The largest absolute Gasteiger partial charge is 0.481 e. The van der Waals surface area contributed by atoms with E-state index in [0.29, 0.717) is 22.9 Å². The normalized spacial score (nSPS) is 17.9. The summed E-state index contributed by atoms with van der Waals surface area (Å²) < 4.78 is 22.5. The van der Waals surface area contributed by atoms with Gasteiger partial charge in [-0.25, -0.2) is 0 Å². The Morgan fingerprint density at radius 1 is 0.958 bits per heavy atom. The Hall–Kier alpha value is -5.84. The van der Waals surface area contributed by atoms with Crippen LogP contribution in [-0.2, 0) is 25.5 Å². The van der Waals surface area contributed by atoms with Crippen LogP contribution in [0.25, 0.3) is 6.08 Å². The number of ether oxygens (including phenoxy) is 3. The quantitative estimate of drug-likeness (QED) is 0.189. The second kappa shape index (κ2) is 14.3. The Kier molecular flexibility index (Phi) is 9.56. The molecule has 0 aliphatic carbocycles. The minimum absolute atomic E-state index is 0.0790. The molecule has 0 radical (unpaired) electrons. The van der Waals surface area contributed by atoms with Crippen LogP contribution in [0.2, 0.25) is 0 Å². The van der Waals surface area contributed by atoms with E-state index in [0.717, 1.165) is 11.1 Å². The predicted octanol–water partition coefficient (Wildman–Crippen LogP) is 5.53. The highest BCUT2D eigenvalue weighted by Crippen LogP contribution is 2.38. The summed E-state index contributed by atoms with van der Waals surface area (Å²) >= 11 is 0. The fourth-order valence-electron chi connectivity index (χ4n) is 5.95. The molecule has 1 saturated heterocycles. The third kappa shape index (κ3) is 7.25. The van der Waals surface area contributed by atoms with E-state index in [1.54, 1.807) is 30.3 Å². The molecule has 4 atom stereocenters. The monoisotopic (exact) mass is 650 g/mol. The predicted molar refractivity (Wildman–Crippen MR) is 174 cm³/mol. The molecule has 2 aliphatic heterocycles. The van der Waals surface area contributed by atoms with E-state index < -0.39 is 47.7 Å². The molecule has 2 amide bonds. The van der Waals surface area contributed by atoms with Crippen LogP contribution in [0.4, 0.5) is 5.69 Å². The zero-order chi connectivity index (χ0) is 33.6. The number of carboxylic acid groups (broad SMARTS) is 1. The molecule has 11 heteroatoms. The van der Waals surface area contributed by atoms with Crippen molar-refractivity contribution in [2.75, 3.05) is 18.7 Å². The lowest BCUT2D eigenvalue weighted by molar-refractivity contribution is -0.158. The molecule has 3 heterocycles. The number of esters is 1. The smallest absolute Gasteiger partial charge is 0.311 e. The fourth-order valence-corrected chi connectivity index (χ4v) is 5.95. The maximum atomic E-state index is 14.2. The summed E-state index contributed by atoms with van der Waals surface area (Å²) in [4.78, 5) is 52.9. The Morgan fingerprint density at radius 2 is 1.69 bits per heavy atom. The lowest BCUT2D eigenvalue weighted by atomic mass is 9.86. The molecule has 2 aliphatic rings. The van der Waals surface area contributed by atoms with E-state index in [9.17, 15) is 24.3 Å². The van der Waals surface area contributed by atoms with Crippen molar-refractivity contribution in [3.8, 4) is 11.5 Å². The summed E-state index contributed by atoms with van der Waals surface area (Å²) in [5.74, 6) is -3.06. The zero-order valence-corrected chi connectivity index (χ0v) is 26.1. The van der Waals surface area contributed by atoms with Gasteiger partial charge in [-0.2, -0.15) is 0 Å². The number of carboxylic acids is 1. The van der Waals surface area contributed by atoms with Crippen molar-refractivity contribution in [3.63, 3.8) is 0 Å². The van der Waals surface area contributed by atoms with Crippen molar-refractivity contribution in [1.82, 2.24) is 4.90 Å². The summed E-state index contributed by atoms with van der Waals surface area (Å²) in [6.45, 7) is 2.02. The maximum absolute atomic E-state index is 14.2. The highest BCUT2D eigenvalue weighted by Gasteiger charge is 2.47. The number of anilines is 1. The first-order chi connectivity index (χ1) is 23.3. The molecular weight excluding hydrogens is 616 g/mol. The van der Waals surface area contributed by atoms with Crippen LogP contribution < -0.4 is 14.8 Å². The number of hydrogen-bond donors (Lipinski definition) is 2. The number of carbonyl (C=O) groups excluding carboxylic acids is 3. The Balaban J connectivity index is 1.32. The van der Waals surface area contributed by atoms with Crippen LogP contribution in [0.15, 0.2) is 101 Å². The first-order valence-electron chi connectivity index (χ1n) is 15.6. The van der Waals surface area contributed by atoms with Crippen molar-refractivity contribution in [1.29, 1.82) is 0 Å². The van der Waals surface area contributed by atoms with Gasteiger partial charge in [-0.3, -0.25) is 19.2 Å². The average Bonchev–Trinajstić information content (AvgIpc) is 3.86. The van der Waals surface area contributed by atoms with E-state index in [1.807, 2.05) is 79.7 Å². The molecule has 0 spiro atoms. The summed E-state index contributed by atoms with van der Waals surface area (Å²) in [5, 5.41) is 12.6. The van der Waals surface area contributed by atoms with Gasteiger partial charge in [-0.15, -0.1) is 0 Å². The van der Waals surface area contributed by atoms with E-state index in [4.69, 9.17) is 18.6 Å². The molecule has 11 nitrogen and oxygen atoms in total. The molecular formula is C37H34N2O9. The third-order valence-electron chi connectivity index (χ3n) is 8.50. The molecule has 0 bridgehead atoms. The number of rotatable bonds is 12. The molecule has 2 unspecified atom stereocenters. The van der Waals surface area contributed by atoms with Gasteiger partial charge in [0.2, 0.25) is 6.79 Å². The minimum Gasteiger partial charge on any atom is -0.481 e. The van der Waals surface area contributed by atoms with Crippen LogP contribution in [0.5, 0.6) is 11.5 Å². The van der Waals surface area contributed by atoms with Crippen LogP contribution in [0, 0.1) is 5.92 Å². The second-order valence-corrected chi connectivity index (χ2v) is 11.6. The third-order valence-corrected chi connectivity index (χ3v) is 8.50. The van der Waals surface area contributed by atoms with Crippen LogP contribution in [0.1, 0.15) is 46.7 Å². The van der Waals surface area contributed by atoms with E-state index in [2.05, 4.69) is 5.32 Å². The highest BCUT2D eigenvalue weighted by atomic mass is 16.7. The molecule has 2 N–H and O–H groups in total. The molecule has 48 heavy (non-hydrogen) atoms. The molecule has 1 fully saturated rings. The number of hydrogen-bond acceptors (Lipinski definition) is 8. The fraction of sp³-hybridized carbons (Fsp3) is 0.243. The summed E-state index contributed by atoms with van der Waals surface area (Å²) in [6, 6.07) is 26.8. The molecule has 4 aromatic rings. The Bertz CT molecular complexity index is 1820. The summed E-state index contributed by atoms with van der Waals surface area (Å²) in [6.07, 6.45) is 2.07. The molecule has 0 saturated carbocycles. The number of aliphatic carboxylic acids is 1. The summed E-state index contributed by atoms with van der Waals surface area (Å²) in [7, 11) is 0. The molecule has 6 rings (SSSR count). The molecule has 1 aromatic heterocycles. The maximum Gasteiger partial charge on any atom is 0.311 e. The lowest BCUT2D eigenvalue weighted by Crippen LogP contribution is -2.49. The average molecular weight is 651 g/mol. The number of cyclic esters (lactones) is 1. The van der Waals surface area contributed by atoms with Crippen molar-refractivity contribution < 1.29 is 42.9 Å². The minimum atomic E-state index is -1.48. The Labute approximate surface area is 276 Å². The van der Waals surface area contributed by atoms with Gasteiger partial charge >= 0.3 is 11.9 Å². The SMILES string of the molecule is C[C@H]([C@H](Cc1ccc(C(=O)Nc2ccccc2)o1)c1ccc2c(c1)OCO2)N(C/C=C/c1ccccc1)C(=O)C1OC(=O)CC1C(=O)O. The van der Waals surface area contributed by atoms with Gasteiger partial charge in [0.15, 0.2) is 23.4 Å². The lowest BCUT2D eigenvalue weighted by Gasteiger charge is -2.36. The number of benzene rings is 3. The van der Waals surface area contributed by atoms with Gasteiger partial charge in [0.1, 0.15) is 11.7 Å².